The molecule has 0 amide bonds. The van der Waals surface area contributed by atoms with E-state index in [1.807, 2.05) is 18.7 Å². The molecule has 92 valence electrons. The normalized spacial score (nSPS) is 12.1. The second kappa shape index (κ2) is 5.19. The molecule has 0 unspecified atom stereocenters. The van der Waals surface area contributed by atoms with Gasteiger partial charge in [0, 0.05) is 13.7 Å². The lowest BCUT2D eigenvalue weighted by Crippen LogP contribution is -2.27. The van der Waals surface area contributed by atoms with Crippen molar-refractivity contribution in [1.82, 2.24) is 9.78 Å². The quantitative estimate of drug-likeness (QED) is 0.865. The molecule has 1 aromatic heterocycles. The molecule has 0 aromatic carbocycles. The standard InChI is InChI=1S/C12H21ClN2O/c1-5-12(6-2,8-16)7-10-11(13)9(3)14-15(10)4/h16H,5-8H2,1-4H3. The summed E-state index contributed by atoms with van der Waals surface area (Å²) >= 11 is 6.23. The average molecular weight is 245 g/mol. The van der Waals surface area contributed by atoms with Crippen molar-refractivity contribution >= 4 is 11.6 Å². The van der Waals surface area contributed by atoms with Gasteiger partial charge in [0.1, 0.15) is 0 Å². The fourth-order valence-corrected chi connectivity index (χ4v) is 2.23. The van der Waals surface area contributed by atoms with Crippen molar-refractivity contribution in [2.75, 3.05) is 6.61 Å². The maximum absolute atomic E-state index is 9.55. The van der Waals surface area contributed by atoms with Crippen LogP contribution in [0.3, 0.4) is 0 Å². The Morgan fingerprint density at radius 1 is 1.38 bits per heavy atom. The molecule has 1 aromatic rings. The Labute approximate surface area is 102 Å². The zero-order valence-electron chi connectivity index (χ0n) is 10.5. The number of aromatic nitrogens is 2. The van der Waals surface area contributed by atoms with Gasteiger partial charge in [-0.2, -0.15) is 5.10 Å². The van der Waals surface area contributed by atoms with Gasteiger partial charge in [-0.1, -0.05) is 25.4 Å². The highest BCUT2D eigenvalue weighted by atomic mass is 35.5. The Bertz CT molecular complexity index is 348. The zero-order valence-corrected chi connectivity index (χ0v) is 11.3. The lowest BCUT2D eigenvalue weighted by molar-refractivity contribution is 0.113. The third-order valence-electron chi connectivity index (χ3n) is 3.64. The Hall–Kier alpha value is -0.540. The van der Waals surface area contributed by atoms with Gasteiger partial charge in [0.2, 0.25) is 0 Å². The van der Waals surface area contributed by atoms with Gasteiger partial charge in [0.15, 0.2) is 0 Å². The molecule has 1 N–H and O–H groups in total. The van der Waals surface area contributed by atoms with Crippen molar-refractivity contribution in [1.29, 1.82) is 0 Å². The van der Waals surface area contributed by atoms with E-state index in [9.17, 15) is 5.11 Å². The molecule has 0 aliphatic carbocycles. The molecule has 1 rings (SSSR count). The fourth-order valence-electron chi connectivity index (χ4n) is 2.01. The third-order valence-corrected chi connectivity index (χ3v) is 4.13. The molecule has 1 heterocycles. The van der Waals surface area contributed by atoms with Crippen molar-refractivity contribution < 1.29 is 5.11 Å². The van der Waals surface area contributed by atoms with E-state index in [4.69, 9.17) is 11.6 Å². The highest BCUT2D eigenvalue weighted by Crippen LogP contribution is 2.33. The van der Waals surface area contributed by atoms with Crippen molar-refractivity contribution in [2.24, 2.45) is 12.5 Å². The zero-order chi connectivity index (χ0) is 12.3. The van der Waals surface area contributed by atoms with Crippen LogP contribution in [0.1, 0.15) is 38.1 Å². The van der Waals surface area contributed by atoms with Crippen molar-refractivity contribution in [3.63, 3.8) is 0 Å². The van der Waals surface area contributed by atoms with Crippen molar-refractivity contribution in [3.8, 4) is 0 Å². The topological polar surface area (TPSA) is 38.1 Å². The largest absolute Gasteiger partial charge is 0.396 e. The van der Waals surface area contributed by atoms with Crippen LogP contribution in [0, 0.1) is 12.3 Å². The fraction of sp³-hybridized carbons (Fsp3) is 0.750. The first kappa shape index (κ1) is 13.5. The number of halogens is 1. The van der Waals surface area contributed by atoms with E-state index in [-0.39, 0.29) is 12.0 Å². The number of hydrogen-bond donors (Lipinski definition) is 1. The van der Waals surface area contributed by atoms with E-state index in [0.29, 0.717) is 0 Å². The summed E-state index contributed by atoms with van der Waals surface area (Å²) in [6.07, 6.45) is 2.67. The number of aliphatic hydroxyl groups excluding tert-OH is 1. The van der Waals surface area contributed by atoms with Crippen LogP contribution in [0.2, 0.25) is 5.02 Å². The van der Waals surface area contributed by atoms with Crippen LogP contribution in [-0.4, -0.2) is 21.5 Å². The molecule has 0 radical (unpaired) electrons. The molecule has 0 bridgehead atoms. The van der Waals surface area contributed by atoms with Crippen LogP contribution >= 0.6 is 11.6 Å². The first-order chi connectivity index (χ1) is 7.49. The van der Waals surface area contributed by atoms with Crippen LogP contribution < -0.4 is 0 Å². The Kier molecular flexibility index (Phi) is 4.39. The molecule has 3 nitrogen and oxygen atoms in total. The van der Waals surface area contributed by atoms with Gasteiger partial charge in [-0.3, -0.25) is 4.68 Å². The third kappa shape index (κ3) is 2.41. The molecule has 0 saturated heterocycles. The molecular formula is C12H21ClN2O. The summed E-state index contributed by atoms with van der Waals surface area (Å²) in [5, 5.41) is 14.6. The molecule has 4 heteroatoms. The number of rotatable bonds is 5. The highest BCUT2D eigenvalue weighted by Gasteiger charge is 2.28. The first-order valence-electron chi connectivity index (χ1n) is 5.78. The van der Waals surface area contributed by atoms with Gasteiger partial charge in [-0.05, 0) is 31.6 Å². The number of nitrogens with zero attached hydrogens (tertiary/aromatic N) is 2. The SMILES string of the molecule is CCC(CC)(CO)Cc1c(Cl)c(C)nn1C. The Balaban J connectivity index is 3.02. The van der Waals surface area contributed by atoms with Gasteiger partial charge in [0.05, 0.1) is 16.4 Å². The molecule has 0 aliphatic heterocycles. The van der Waals surface area contributed by atoms with Crippen molar-refractivity contribution in [2.45, 2.75) is 40.0 Å². The maximum Gasteiger partial charge on any atom is 0.0847 e. The van der Waals surface area contributed by atoms with Crippen LogP contribution in [0.15, 0.2) is 0 Å². The van der Waals surface area contributed by atoms with Crippen molar-refractivity contribution in [3.05, 3.63) is 16.4 Å². The van der Waals surface area contributed by atoms with Gasteiger partial charge in [-0.25, -0.2) is 0 Å². The van der Waals surface area contributed by atoms with Gasteiger partial charge in [0.25, 0.3) is 0 Å². The monoisotopic (exact) mass is 244 g/mol. The van der Waals surface area contributed by atoms with Crippen LogP contribution in [-0.2, 0) is 13.5 Å². The minimum Gasteiger partial charge on any atom is -0.396 e. The minimum atomic E-state index is -0.0656. The smallest absolute Gasteiger partial charge is 0.0847 e. The summed E-state index contributed by atoms with van der Waals surface area (Å²) in [5.41, 5.74) is 1.82. The Morgan fingerprint density at radius 2 is 1.94 bits per heavy atom. The lowest BCUT2D eigenvalue weighted by Gasteiger charge is -2.29. The van der Waals surface area contributed by atoms with E-state index in [2.05, 4.69) is 18.9 Å². The summed E-state index contributed by atoms with van der Waals surface area (Å²) in [5.74, 6) is 0. The molecule has 16 heavy (non-hydrogen) atoms. The Morgan fingerprint density at radius 3 is 2.25 bits per heavy atom. The van der Waals surface area contributed by atoms with Crippen LogP contribution in [0.5, 0.6) is 0 Å². The second-order valence-electron chi connectivity index (χ2n) is 4.51. The highest BCUT2D eigenvalue weighted by molar-refractivity contribution is 6.31. The van der Waals surface area contributed by atoms with Crippen LogP contribution in [0.4, 0.5) is 0 Å². The van der Waals surface area contributed by atoms with E-state index >= 15 is 0 Å². The second-order valence-corrected chi connectivity index (χ2v) is 4.89. The average Bonchev–Trinajstić information content (AvgIpc) is 2.52. The summed E-state index contributed by atoms with van der Waals surface area (Å²) < 4.78 is 1.83. The molecule has 0 spiro atoms. The molecule has 0 fully saturated rings. The summed E-state index contributed by atoms with van der Waals surface area (Å²) in [6.45, 7) is 6.32. The van der Waals surface area contributed by atoms with Gasteiger partial charge < -0.3 is 5.11 Å². The first-order valence-corrected chi connectivity index (χ1v) is 6.16. The maximum atomic E-state index is 9.55. The van der Waals surface area contributed by atoms with Gasteiger partial charge >= 0.3 is 0 Å². The molecular weight excluding hydrogens is 224 g/mol. The number of aliphatic hydroxyl groups is 1. The molecule has 0 saturated carbocycles. The minimum absolute atomic E-state index is 0.0656. The summed E-state index contributed by atoms with van der Waals surface area (Å²) in [6, 6.07) is 0. The van der Waals surface area contributed by atoms with E-state index in [1.54, 1.807) is 0 Å². The summed E-state index contributed by atoms with van der Waals surface area (Å²) in [7, 11) is 1.90. The molecule has 0 aliphatic rings. The van der Waals surface area contributed by atoms with E-state index in [0.717, 1.165) is 35.7 Å². The number of aryl methyl sites for hydroxylation is 2. The predicted molar refractivity (Wildman–Crippen MR) is 66.8 cm³/mol. The summed E-state index contributed by atoms with van der Waals surface area (Å²) in [4.78, 5) is 0. The van der Waals surface area contributed by atoms with Gasteiger partial charge in [-0.15, -0.1) is 0 Å². The predicted octanol–water partition coefficient (Wildman–Crippen LogP) is 2.72. The van der Waals surface area contributed by atoms with Crippen LogP contribution in [0.25, 0.3) is 0 Å². The molecule has 0 atom stereocenters. The van der Waals surface area contributed by atoms with E-state index in [1.165, 1.54) is 0 Å². The number of hydrogen-bond acceptors (Lipinski definition) is 2. The van der Waals surface area contributed by atoms with E-state index < -0.39 is 0 Å². The lowest BCUT2D eigenvalue weighted by atomic mass is 9.79.